The Hall–Kier alpha value is -2.37. The summed E-state index contributed by atoms with van der Waals surface area (Å²) >= 11 is 6.21. The molecule has 0 radical (unpaired) electrons. The molecule has 0 aromatic heterocycles. The number of hydrogen-bond donors (Lipinski definition) is 1. The smallest absolute Gasteiger partial charge is 0.234 e. The van der Waals surface area contributed by atoms with Gasteiger partial charge < -0.3 is 10.2 Å². The fraction of sp³-hybridized carbons (Fsp3) is 0.391. The van der Waals surface area contributed by atoms with Gasteiger partial charge in [-0.1, -0.05) is 54.1 Å². The molecule has 1 N–H and O–H groups in total. The van der Waals surface area contributed by atoms with E-state index in [1.807, 2.05) is 67.3 Å². The van der Waals surface area contributed by atoms with Crippen molar-refractivity contribution in [1.29, 1.82) is 0 Å². The summed E-state index contributed by atoms with van der Waals surface area (Å²) in [6.45, 7) is 7.00. The molecular weight excluding hydrogens is 386 g/mol. The van der Waals surface area contributed by atoms with E-state index in [0.29, 0.717) is 44.2 Å². The van der Waals surface area contributed by atoms with Crippen LogP contribution >= 0.6 is 11.6 Å². The average Bonchev–Trinajstić information content (AvgIpc) is 2.70. The lowest BCUT2D eigenvalue weighted by Crippen LogP contribution is -2.51. The van der Waals surface area contributed by atoms with Crippen LogP contribution in [0.15, 0.2) is 48.5 Å². The number of piperazine rings is 1. The average molecular weight is 414 g/mol. The van der Waals surface area contributed by atoms with Crippen molar-refractivity contribution in [3.63, 3.8) is 0 Å². The number of benzene rings is 2. The highest BCUT2D eigenvalue weighted by Crippen LogP contribution is 2.22. The molecule has 1 saturated heterocycles. The van der Waals surface area contributed by atoms with E-state index >= 15 is 0 Å². The molecule has 1 fully saturated rings. The number of nitrogens with zero attached hydrogens (tertiary/aromatic N) is 2. The van der Waals surface area contributed by atoms with Gasteiger partial charge in [-0.05, 0) is 36.6 Å². The van der Waals surface area contributed by atoms with Crippen LogP contribution in [-0.4, -0.2) is 54.3 Å². The molecule has 1 heterocycles. The molecule has 2 aromatic carbocycles. The summed E-state index contributed by atoms with van der Waals surface area (Å²) < 4.78 is 0. The Morgan fingerprint density at radius 1 is 1.03 bits per heavy atom. The molecule has 154 valence electrons. The van der Waals surface area contributed by atoms with Crippen molar-refractivity contribution in [3.05, 3.63) is 70.2 Å². The molecule has 3 rings (SSSR count). The molecule has 0 aliphatic carbocycles. The molecule has 5 nitrogen and oxygen atoms in total. The van der Waals surface area contributed by atoms with Gasteiger partial charge in [-0.15, -0.1) is 0 Å². The molecule has 1 aliphatic heterocycles. The van der Waals surface area contributed by atoms with E-state index in [2.05, 4.69) is 10.2 Å². The summed E-state index contributed by atoms with van der Waals surface area (Å²) in [5.41, 5.74) is 3.13. The fourth-order valence-electron chi connectivity index (χ4n) is 3.63. The van der Waals surface area contributed by atoms with E-state index in [4.69, 9.17) is 11.6 Å². The first-order valence-corrected chi connectivity index (χ1v) is 10.4. The first-order valence-electron chi connectivity index (χ1n) is 10.0. The van der Waals surface area contributed by atoms with Crippen LogP contribution in [0, 0.1) is 6.92 Å². The second-order valence-corrected chi connectivity index (χ2v) is 7.98. The third-order valence-electron chi connectivity index (χ3n) is 5.44. The first kappa shape index (κ1) is 21.3. The van der Waals surface area contributed by atoms with Gasteiger partial charge in [0.1, 0.15) is 0 Å². The zero-order valence-corrected chi connectivity index (χ0v) is 17.8. The molecule has 0 spiro atoms. The predicted octanol–water partition coefficient (Wildman–Crippen LogP) is 3.21. The summed E-state index contributed by atoms with van der Waals surface area (Å²) in [6.07, 6.45) is 0.433. The van der Waals surface area contributed by atoms with Crippen LogP contribution in [0.1, 0.15) is 29.7 Å². The van der Waals surface area contributed by atoms with Crippen molar-refractivity contribution in [2.75, 3.05) is 32.7 Å². The number of amides is 2. The molecule has 0 saturated carbocycles. The van der Waals surface area contributed by atoms with E-state index in [9.17, 15) is 9.59 Å². The maximum absolute atomic E-state index is 12.6. The normalized spacial score (nSPS) is 15.8. The van der Waals surface area contributed by atoms with Crippen LogP contribution in [0.2, 0.25) is 5.02 Å². The SMILES string of the molecule is Cc1ccccc1CC(=O)N1CCN(CC(=O)NC(C)c2ccccc2Cl)CC1. The topological polar surface area (TPSA) is 52.7 Å². The van der Waals surface area contributed by atoms with Gasteiger partial charge >= 0.3 is 0 Å². The van der Waals surface area contributed by atoms with Crippen LogP contribution in [0.5, 0.6) is 0 Å². The largest absolute Gasteiger partial charge is 0.348 e. The Morgan fingerprint density at radius 3 is 2.38 bits per heavy atom. The third kappa shape index (κ3) is 5.81. The van der Waals surface area contributed by atoms with Crippen LogP contribution in [0.4, 0.5) is 0 Å². The molecule has 1 unspecified atom stereocenters. The maximum Gasteiger partial charge on any atom is 0.234 e. The third-order valence-corrected chi connectivity index (χ3v) is 5.79. The number of carbonyl (C=O) groups is 2. The van der Waals surface area contributed by atoms with Gasteiger partial charge in [0.25, 0.3) is 0 Å². The zero-order valence-electron chi connectivity index (χ0n) is 17.0. The van der Waals surface area contributed by atoms with Crippen molar-refractivity contribution in [2.45, 2.75) is 26.3 Å². The highest BCUT2D eigenvalue weighted by molar-refractivity contribution is 6.31. The second-order valence-electron chi connectivity index (χ2n) is 7.57. The van der Waals surface area contributed by atoms with Crippen LogP contribution in [0.3, 0.4) is 0 Å². The van der Waals surface area contributed by atoms with Crippen molar-refractivity contribution in [1.82, 2.24) is 15.1 Å². The molecule has 2 amide bonds. The minimum Gasteiger partial charge on any atom is -0.348 e. The Kier molecular flexibility index (Phi) is 7.29. The zero-order chi connectivity index (χ0) is 20.8. The number of nitrogens with one attached hydrogen (secondary N) is 1. The van der Waals surface area contributed by atoms with Gasteiger partial charge in [0, 0.05) is 31.2 Å². The number of aryl methyl sites for hydroxylation is 1. The lowest BCUT2D eigenvalue weighted by atomic mass is 10.1. The minimum atomic E-state index is -0.145. The van der Waals surface area contributed by atoms with Gasteiger partial charge in [-0.2, -0.15) is 0 Å². The fourth-order valence-corrected chi connectivity index (χ4v) is 3.93. The standard InChI is InChI=1S/C23H28ClN3O2/c1-17-7-3-4-8-19(17)15-23(29)27-13-11-26(12-14-27)16-22(28)25-18(2)20-9-5-6-10-21(20)24/h3-10,18H,11-16H2,1-2H3,(H,25,28). The van der Waals surface area contributed by atoms with E-state index in [0.717, 1.165) is 16.7 Å². The van der Waals surface area contributed by atoms with E-state index < -0.39 is 0 Å². The van der Waals surface area contributed by atoms with Gasteiger partial charge in [-0.25, -0.2) is 0 Å². The summed E-state index contributed by atoms with van der Waals surface area (Å²) in [5.74, 6) is 0.118. The number of hydrogen-bond acceptors (Lipinski definition) is 3. The molecule has 0 bridgehead atoms. The number of halogens is 1. The molecular formula is C23H28ClN3O2. The van der Waals surface area contributed by atoms with Crippen molar-refractivity contribution in [2.24, 2.45) is 0 Å². The summed E-state index contributed by atoms with van der Waals surface area (Å²) in [6, 6.07) is 15.4. The Bertz CT molecular complexity index is 863. The molecule has 1 atom stereocenters. The summed E-state index contributed by atoms with van der Waals surface area (Å²) in [5, 5.41) is 3.67. The Labute approximate surface area is 177 Å². The molecule has 2 aromatic rings. The predicted molar refractivity (Wildman–Crippen MR) is 116 cm³/mol. The Balaban J connectivity index is 1.44. The summed E-state index contributed by atoms with van der Waals surface area (Å²) in [4.78, 5) is 29.0. The lowest BCUT2D eigenvalue weighted by molar-refractivity contribution is -0.132. The van der Waals surface area contributed by atoms with Crippen molar-refractivity contribution in [3.8, 4) is 0 Å². The van der Waals surface area contributed by atoms with E-state index in [1.54, 1.807) is 0 Å². The highest BCUT2D eigenvalue weighted by Gasteiger charge is 2.23. The Morgan fingerprint density at radius 2 is 1.69 bits per heavy atom. The molecule has 6 heteroatoms. The molecule has 29 heavy (non-hydrogen) atoms. The van der Waals surface area contributed by atoms with Gasteiger partial charge in [0.05, 0.1) is 19.0 Å². The van der Waals surface area contributed by atoms with Crippen LogP contribution in [0.25, 0.3) is 0 Å². The van der Waals surface area contributed by atoms with Crippen molar-refractivity contribution >= 4 is 23.4 Å². The van der Waals surface area contributed by atoms with Crippen molar-refractivity contribution < 1.29 is 9.59 Å². The highest BCUT2D eigenvalue weighted by atomic mass is 35.5. The molecule has 1 aliphatic rings. The van der Waals surface area contributed by atoms with E-state index in [1.165, 1.54) is 0 Å². The quantitative estimate of drug-likeness (QED) is 0.791. The van der Waals surface area contributed by atoms with Crippen LogP contribution in [-0.2, 0) is 16.0 Å². The minimum absolute atomic E-state index is 0.0305. The van der Waals surface area contributed by atoms with Gasteiger partial charge in [0.2, 0.25) is 11.8 Å². The first-order chi connectivity index (χ1) is 13.9. The van der Waals surface area contributed by atoms with E-state index in [-0.39, 0.29) is 17.9 Å². The van der Waals surface area contributed by atoms with Gasteiger partial charge in [0.15, 0.2) is 0 Å². The lowest BCUT2D eigenvalue weighted by Gasteiger charge is -2.34. The monoisotopic (exact) mass is 413 g/mol. The number of rotatable bonds is 6. The maximum atomic E-state index is 12.6. The van der Waals surface area contributed by atoms with Gasteiger partial charge in [-0.3, -0.25) is 14.5 Å². The second kappa shape index (κ2) is 9.90. The number of carbonyl (C=O) groups excluding carboxylic acids is 2. The summed E-state index contributed by atoms with van der Waals surface area (Å²) in [7, 11) is 0. The van der Waals surface area contributed by atoms with Crippen LogP contribution < -0.4 is 5.32 Å².